The number of hydrogen-bond acceptors (Lipinski definition) is 3. The summed E-state index contributed by atoms with van der Waals surface area (Å²) in [5.74, 6) is -1.75. The summed E-state index contributed by atoms with van der Waals surface area (Å²) < 4.78 is 23.6. The number of alkyl halides is 2. The van der Waals surface area contributed by atoms with Crippen LogP contribution in [-0.2, 0) is 4.79 Å². The minimum Gasteiger partial charge on any atom is -0.480 e. The van der Waals surface area contributed by atoms with Gasteiger partial charge in [-0.25, -0.2) is 8.78 Å². The van der Waals surface area contributed by atoms with Crippen LogP contribution in [0.3, 0.4) is 0 Å². The molecule has 15 heavy (non-hydrogen) atoms. The van der Waals surface area contributed by atoms with Gasteiger partial charge in [-0.05, 0) is 19.3 Å². The lowest BCUT2D eigenvalue weighted by molar-refractivity contribution is -0.138. The van der Waals surface area contributed by atoms with Crippen LogP contribution in [-0.4, -0.2) is 35.9 Å². The van der Waals surface area contributed by atoms with Crippen molar-refractivity contribution in [2.24, 2.45) is 16.5 Å². The number of nitrogens with two attached hydrogens (primary N) is 2. The summed E-state index contributed by atoms with van der Waals surface area (Å²) in [5, 5.41) is 8.43. The quantitative estimate of drug-likeness (QED) is 0.326. The molecule has 5 nitrogen and oxygen atoms in total. The third kappa shape index (κ3) is 6.78. The Hall–Kier alpha value is -1.24. The smallest absolute Gasteiger partial charge is 0.320 e. The van der Waals surface area contributed by atoms with Crippen molar-refractivity contribution in [2.45, 2.75) is 31.7 Å². The van der Waals surface area contributed by atoms with Crippen LogP contribution in [0.2, 0.25) is 0 Å². The summed E-state index contributed by atoms with van der Waals surface area (Å²) in [4.78, 5) is 13.7. The van der Waals surface area contributed by atoms with Crippen molar-refractivity contribution in [2.75, 3.05) is 6.54 Å². The van der Waals surface area contributed by atoms with Crippen molar-refractivity contribution >= 4 is 11.8 Å². The van der Waals surface area contributed by atoms with Crippen LogP contribution >= 0.6 is 0 Å². The molecule has 0 fully saturated rings. The van der Waals surface area contributed by atoms with Gasteiger partial charge < -0.3 is 16.6 Å². The maximum atomic E-state index is 11.8. The van der Waals surface area contributed by atoms with Crippen molar-refractivity contribution in [3.63, 3.8) is 0 Å². The number of aliphatic carboxylic acids is 1. The van der Waals surface area contributed by atoms with E-state index >= 15 is 0 Å². The molecule has 0 rings (SSSR count). The Labute approximate surface area is 86.2 Å². The summed E-state index contributed by atoms with van der Waals surface area (Å²) in [7, 11) is 0. The van der Waals surface area contributed by atoms with Gasteiger partial charge in [0.25, 0.3) is 6.43 Å². The number of carboxylic acids is 1. The summed E-state index contributed by atoms with van der Waals surface area (Å²) >= 11 is 0. The lowest BCUT2D eigenvalue weighted by Gasteiger charge is -2.04. The minimum atomic E-state index is -2.73. The predicted molar refractivity (Wildman–Crippen MR) is 52.0 cm³/mol. The molecule has 0 saturated carbocycles. The first-order valence-corrected chi connectivity index (χ1v) is 4.51. The second kappa shape index (κ2) is 7.10. The van der Waals surface area contributed by atoms with Crippen molar-refractivity contribution in [1.82, 2.24) is 0 Å². The van der Waals surface area contributed by atoms with Crippen LogP contribution in [0.5, 0.6) is 0 Å². The number of unbranched alkanes of at least 4 members (excludes halogenated alkanes) is 1. The fourth-order valence-electron chi connectivity index (χ4n) is 0.877. The summed E-state index contributed by atoms with van der Waals surface area (Å²) in [6.07, 6.45) is -1.41. The Morgan fingerprint density at radius 1 is 1.40 bits per heavy atom. The SMILES string of the molecule is NC(=NCCCC[C@H](N)C(=O)O)C(F)F. The van der Waals surface area contributed by atoms with Crippen molar-refractivity contribution in [1.29, 1.82) is 0 Å². The second-order valence-electron chi connectivity index (χ2n) is 3.05. The summed E-state index contributed by atoms with van der Waals surface area (Å²) in [6, 6.07) is -0.901. The molecule has 0 radical (unpaired) electrons. The van der Waals surface area contributed by atoms with E-state index in [1.165, 1.54) is 0 Å². The third-order valence-corrected chi connectivity index (χ3v) is 1.76. The number of halogens is 2. The van der Waals surface area contributed by atoms with E-state index in [-0.39, 0.29) is 6.54 Å². The zero-order chi connectivity index (χ0) is 11.8. The molecule has 0 heterocycles. The maximum Gasteiger partial charge on any atom is 0.320 e. The zero-order valence-electron chi connectivity index (χ0n) is 8.20. The van der Waals surface area contributed by atoms with Gasteiger partial charge in [-0.1, -0.05) is 0 Å². The van der Waals surface area contributed by atoms with Crippen LogP contribution < -0.4 is 11.5 Å². The Morgan fingerprint density at radius 2 is 2.00 bits per heavy atom. The van der Waals surface area contributed by atoms with Gasteiger partial charge in [0.2, 0.25) is 0 Å². The molecular formula is C8H15F2N3O2. The molecule has 5 N–H and O–H groups in total. The minimum absolute atomic E-state index is 0.169. The molecule has 7 heteroatoms. The fourth-order valence-corrected chi connectivity index (χ4v) is 0.877. The number of aliphatic imine (C=N–C) groups is 1. The standard InChI is InChI=1S/C8H15F2N3O2/c9-6(10)7(12)13-4-2-1-3-5(11)8(14)15/h5-6H,1-4,11H2,(H2,12,13)(H,14,15)/t5-/m0/s1. The van der Waals surface area contributed by atoms with Gasteiger partial charge >= 0.3 is 5.97 Å². The summed E-state index contributed by atoms with van der Waals surface area (Å²) in [5.41, 5.74) is 10.1. The number of amidine groups is 1. The zero-order valence-corrected chi connectivity index (χ0v) is 8.20. The Kier molecular flexibility index (Phi) is 6.52. The molecule has 0 amide bonds. The summed E-state index contributed by atoms with van der Waals surface area (Å²) in [6.45, 7) is 0.169. The molecule has 0 aromatic carbocycles. The first-order valence-electron chi connectivity index (χ1n) is 4.51. The molecule has 0 unspecified atom stereocenters. The van der Waals surface area contributed by atoms with Crippen LogP contribution in [0, 0.1) is 0 Å². The molecule has 1 atom stereocenters. The predicted octanol–water partition coefficient (Wildman–Crippen LogP) is 0.191. The van der Waals surface area contributed by atoms with Gasteiger partial charge in [0.1, 0.15) is 6.04 Å². The number of carbonyl (C=O) groups is 1. The van der Waals surface area contributed by atoms with Gasteiger partial charge in [-0.3, -0.25) is 9.79 Å². The van der Waals surface area contributed by atoms with Crippen LogP contribution in [0.25, 0.3) is 0 Å². The Balaban J connectivity index is 3.56. The highest BCUT2D eigenvalue weighted by molar-refractivity contribution is 5.83. The van der Waals surface area contributed by atoms with E-state index in [0.29, 0.717) is 19.3 Å². The van der Waals surface area contributed by atoms with Crippen LogP contribution in [0.15, 0.2) is 4.99 Å². The molecular weight excluding hydrogens is 208 g/mol. The van der Waals surface area contributed by atoms with E-state index in [9.17, 15) is 13.6 Å². The first-order chi connectivity index (χ1) is 6.95. The Bertz CT molecular complexity index is 234. The molecule has 0 spiro atoms. The van der Waals surface area contributed by atoms with Gasteiger partial charge in [-0.15, -0.1) is 0 Å². The lowest BCUT2D eigenvalue weighted by atomic mass is 10.1. The maximum absolute atomic E-state index is 11.8. The monoisotopic (exact) mass is 223 g/mol. The third-order valence-electron chi connectivity index (χ3n) is 1.76. The van der Waals surface area contributed by atoms with Gasteiger partial charge in [-0.2, -0.15) is 0 Å². The van der Waals surface area contributed by atoms with Crippen molar-refractivity contribution < 1.29 is 18.7 Å². The molecule has 0 aromatic rings. The molecule has 0 aromatic heterocycles. The van der Waals surface area contributed by atoms with Gasteiger partial charge in [0, 0.05) is 6.54 Å². The van der Waals surface area contributed by atoms with Crippen LogP contribution in [0.4, 0.5) is 8.78 Å². The van der Waals surface area contributed by atoms with E-state index in [1.807, 2.05) is 0 Å². The highest BCUT2D eigenvalue weighted by Crippen LogP contribution is 2.00. The first kappa shape index (κ1) is 13.8. The topological polar surface area (TPSA) is 102 Å². The number of carboxylic acid groups (broad SMARTS) is 1. The van der Waals surface area contributed by atoms with E-state index in [4.69, 9.17) is 16.6 Å². The largest absolute Gasteiger partial charge is 0.480 e. The Morgan fingerprint density at radius 3 is 2.47 bits per heavy atom. The normalized spacial score (nSPS) is 14.3. The molecule has 0 saturated heterocycles. The van der Waals surface area contributed by atoms with Gasteiger partial charge in [0.05, 0.1) is 0 Å². The highest BCUT2D eigenvalue weighted by atomic mass is 19.3. The molecule has 88 valence electrons. The van der Waals surface area contributed by atoms with E-state index < -0.39 is 24.3 Å². The average molecular weight is 223 g/mol. The van der Waals surface area contributed by atoms with Crippen LogP contribution in [0.1, 0.15) is 19.3 Å². The highest BCUT2D eigenvalue weighted by Gasteiger charge is 2.10. The van der Waals surface area contributed by atoms with Crippen molar-refractivity contribution in [3.8, 4) is 0 Å². The molecule has 0 aliphatic rings. The fraction of sp³-hybridized carbons (Fsp3) is 0.750. The molecule has 0 aliphatic carbocycles. The van der Waals surface area contributed by atoms with Crippen molar-refractivity contribution in [3.05, 3.63) is 0 Å². The van der Waals surface area contributed by atoms with Gasteiger partial charge in [0.15, 0.2) is 5.84 Å². The average Bonchev–Trinajstić information content (AvgIpc) is 2.16. The number of hydrogen-bond donors (Lipinski definition) is 3. The second-order valence-corrected chi connectivity index (χ2v) is 3.05. The molecule has 0 aliphatic heterocycles. The van der Waals surface area contributed by atoms with E-state index in [1.54, 1.807) is 0 Å². The molecule has 0 bridgehead atoms. The lowest BCUT2D eigenvalue weighted by Crippen LogP contribution is -2.29. The number of nitrogens with zero attached hydrogens (tertiary/aromatic N) is 1. The number of rotatable bonds is 7. The van der Waals surface area contributed by atoms with E-state index in [0.717, 1.165) is 0 Å². The van der Waals surface area contributed by atoms with E-state index in [2.05, 4.69) is 4.99 Å².